The smallest absolute Gasteiger partial charge is 0.253 e. The molecule has 0 radical (unpaired) electrons. The Hall–Kier alpha value is -2.60. The van der Waals surface area contributed by atoms with Gasteiger partial charge in [-0.2, -0.15) is 0 Å². The molecule has 6 nitrogen and oxygen atoms in total. The first kappa shape index (κ1) is 15.0. The number of hydrogen-bond donors (Lipinski definition) is 2. The molecule has 1 amide bonds. The predicted molar refractivity (Wildman–Crippen MR) is 92.8 cm³/mol. The van der Waals surface area contributed by atoms with Crippen LogP contribution in [0.15, 0.2) is 30.5 Å². The largest absolute Gasteiger partial charge is 0.348 e. The van der Waals surface area contributed by atoms with E-state index in [1.807, 2.05) is 31.4 Å². The highest BCUT2D eigenvalue weighted by Crippen LogP contribution is 2.19. The van der Waals surface area contributed by atoms with Gasteiger partial charge in [-0.3, -0.25) is 4.79 Å². The molecule has 6 heteroatoms. The van der Waals surface area contributed by atoms with Gasteiger partial charge >= 0.3 is 0 Å². The number of carbonyl (C=O) groups excluding carboxylic acids is 1. The van der Waals surface area contributed by atoms with Gasteiger partial charge in [0.2, 0.25) is 0 Å². The lowest BCUT2D eigenvalue weighted by atomic mass is 10.2. The summed E-state index contributed by atoms with van der Waals surface area (Å²) in [6.07, 6.45) is 1.99. The Labute approximate surface area is 140 Å². The quantitative estimate of drug-likeness (QED) is 0.771. The van der Waals surface area contributed by atoms with Gasteiger partial charge in [0, 0.05) is 38.6 Å². The topological polar surface area (TPSA) is 63.9 Å². The number of fused-ring (bicyclic) bond motifs is 2. The number of aryl methyl sites for hydroxylation is 2. The van der Waals surface area contributed by atoms with Crippen LogP contribution in [0.5, 0.6) is 0 Å². The Kier molecular flexibility index (Phi) is 3.61. The average molecular weight is 323 g/mol. The monoisotopic (exact) mass is 323 g/mol. The van der Waals surface area contributed by atoms with Gasteiger partial charge in [0.25, 0.3) is 5.91 Å². The number of carbonyl (C=O) groups is 1. The molecule has 0 spiro atoms. The first-order valence-electron chi connectivity index (χ1n) is 8.23. The van der Waals surface area contributed by atoms with E-state index in [0.717, 1.165) is 47.7 Å². The minimum Gasteiger partial charge on any atom is -0.348 e. The Morgan fingerprint density at radius 3 is 3.08 bits per heavy atom. The zero-order chi connectivity index (χ0) is 16.7. The van der Waals surface area contributed by atoms with E-state index in [1.165, 1.54) is 5.56 Å². The van der Waals surface area contributed by atoms with Crippen LogP contribution in [0.4, 0.5) is 0 Å². The lowest BCUT2D eigenvalue weighted by Crippen LogP contribution is -2.31. The van der Waals surface area contributed by atoms with Crippen LogP contribution in [-0.2, 0) is 26.7 Å². The van der Waals surface area contributed by atoms with Gasteiger partial charge in [0.1, 0.15) is 5.82 Å². The molecule has 24 heavy (non-hydrogen) atoms. The van der Waals surface area contributed by atoms with Crippen molar-refractivity contribution in [2.24, 2.45) is 7.05 Å². The summed E-state index contributed by atoms with van der Waals surface area (Å²) >= 11 is 0. The second-order valence-corrected chi connectivity index (χ2v) is 6.26. The normalized spacial score (nSPS) is 13.9. The van der Waals surface area contributed by atoms with E-state index in [2.05, 4.69) is 37.7 Å². The van der Waals surface area contributed by atoms with Crippen LogP contribution in [0.2, 0.25) is 0 Å². The molecular formula is C18H21N5O. The fourth-order valence-corrected chi connectivity index (χ4v) is 3.45. The molecule has 0 atom stereocenters. The highest BCUT2D eigenvalue weighted by molar-refractivity contribution is 5.95. The van der Waals surface area contributed by atoms with Crippen LogP contribution in [0.3, 0.4) is 0 Å². The van der Waals surface area contributed by atoms with Crippen molar-refractivity contribution in [1.82, 2.24) is 24.8 Å². The lowest BCUT2D eigenvalue weighted by Gasteiger charge is -2.17. The summed E-state index contributed by atoms with van der Waals surface area (Å²) in [7, 11) is 1.99. The van der Waals surface area contributed by atoms with Gasteiger partial charge in [0.15, 0.2) is 0 Å². The number of hydrogen-bond acceptors (Lipinski definition) is 3. The minimum absolute atomic E-state index is 0.0452. The van der Waals surface area contributed by atoms with E-state index < -0.39 is 0 Å². The van der Waals surface area contributed by atoms with Crippen LogP contribution in [0.25, 0.3) is 11.0 Å². The number of nitrogens with zero attached hydrogens (tertiary/aromatic N) is 3. The summed E-state index contributed by atoms with van der Waals surface area (Å²) in [6, 6.07) is 7.99. The summed E-state index contributed by atoms with van der Waals surface area (Å²) in [5.41, 5.74) is 5.07. The highest BCUT2D eigenvalue weighted by atomic mass is 16.1. The third-order valence-electron chi connectivity index (χ3n) is 4.74. The van der Waals surface area contributed by atoms with Crippen molar-refractivity contribution in [3.8, 4) is 0 Å². The van der Waals surface area contributed by atoms with Crippen molar-refractivity contribution >= 4 is 16.9 Å². The molecule has 3 heterocycles. The molecule has 4 rings (SSSR count). The molecule has 1 aliphatic rings. The van der Waals surface area contributed by atoms with Crippen LogP contribution in [-0.4, -0.2) is 26.6 Å². The molecular weight excluding hydrogens is 302 g/mol. The molecule has 2 aromatic heterocycles. The van der Waals surface area contributed by atoms with Crippen LogP contribution >= 0.6 is 0 Å². The molecule has 0 bridgehead atoms. The molecule has 124 valence electrons. The first-order chi connectivity index (χ1) is 11.6. The van der Waals surface area contributed by atoms with E-state index in [-0.39, 0.29) is 5.91 Å². The zero-order valence-electron chi connectivity index (χ0n) is 14.0. The molecule has 0 fully saturated rings. The van der Waals surface area contributed by atoms with Crippen molar-refractivity contribution in [3.63, 3.8) is 0 Å². The van der Waals surface area contributed by atoms with Gasteiger partial charge in [-0.25, -0.2) is 4.98 Å². The van der Waals surface area contributed by atoms with E-state index in [4.69, 9.17) is 0 Å². The number of rotatable bonds is 3. The predicted octanol–water partition coefficient (Wildman–Crippen LogP) is 1.72. The van der Waals surface area contributed by atoms with Crippen molar-refractivity contribution in [2.75, 3.05) is 6.54 Å². The number of benzene rings is 1. The summed E-state index contributed by atoms with van der Waals surface area (Å²) in [5, 5.41) is 6.32. The van der Waals surface area contributed by atoms with E-state index >= 15 is 0 Å². The van der Waals surface area contributed by atoms with Gasteiger partial charge in [-0.05, 0) is 24.6 Å². The molecule has 1 aliphatic heterocycles. The third kappa shape index (κ3) is 2.39. The molecule has 0 unspecified atom stereocenters. The third-order valence-corrected chi connectivity index (χ3v) is 4.74. The SMILES string of the molecule is Cc1cccc2nc(CNC(=O)c3ccn4c3CNCC4)n(C)c12. The molecule has 3 aromatic rings. The Morgan fingerprint density at radius 2 is 2.25 bits per heavy atom. The van der Waals surface area contributed by atoms with E-state index in [0.29, 0.717) is 6.54 Å². The summed E-state index contributed by atoms with van der Waals surface area (Å²) < 4.78 is 4.20. The van der Waals surface area contributed by atoms with Crippen molar-refractivity contribution in [1.29, 1.82) is 0 Å². The van der Waals surface area contributed by atoms with Gasteiger partial charge in [0.05, 0.1) is 23.1 Å². The molecule has 0 aliphatic carbocycles. The number of para-hydroxylation sites is 1. The maximum absolute atomic E-state index is 12.6. The second-order valence-electron chi connectivity index (χ2n) is 6.26. The summed E-state index contributed by atoms with van der Waals surface area (Å²) in [4.78, 5) is 17.2. The summed E-state index contributed by atoms with van der Waals surface area (Å²) in [5.74, 6) is 0.815. The van der Waals surface area contributed by atoms with Crippen LogP contribution < -0.4 is 10.6 Å². The van der Waals surface area contributed by atoms with E-state index in [9.17, 15) is 4.79 Å². The summed E-state index contributed by atoms with van der Waals surface area (Å²) in [6.45, 7) is 5.09. The van der Waals surface area contributed by atoms with Crippen LogP contribution in [0.1, 0.15) is 27.4 Å². The zero-order valence-corrected chi connectivity index (χ0v) is 14.0. The average Bonchev–Trinajstić information content (AvgIpc) is 3.15. The van der Waals surface area contributed by atoms with Crippen molar-refractivity contribution < 1.29 is 4.79 Å². The van der Waals surface area contributed by atoms with Crippen LogP contribution in [0, 0.1) is 6.92 Å². The van der Waals surface area contributed by atoms with E-state index in [1.54, 1.807) is 0 Å². The van der Waals surface area contributed by atoms with Gasteiger partial charge in [-0.1, -0.05) is 12.1 Å². The van der Waals surface area contributed by atoms with Gasteiger partial charge in [-0.15, -0.1) is 0 Å². The fraction of sp³-hybridized carbons (Fsp3) is 0.333. The van der Waals surface area contributed by atoms with Crippen molar-refractivity contribution in [2.45, 2.75) is 26.6 Å². The maximum Gasteiger partial charge on any atom is 0.253 e. The Morgan fingerprint density at radius 1 is 1.38 bits per heavy atom. The number of aromatic nitrogens is 3. The molecule has 0 saturated heterocycles. The minimum atomic E-state index is -0.0452. The molecule has 1 aromatic carbocycles. The maximum atomic E-state index is 12.6. The lowest BCUT2D eigenvalue weighted by molar-refractivity contribution is 0.0948. The standard InChI is InChI=1S/C18H21N5O/c1-12-4-3-5-14-17(12)22(2)16(21-14)11-20-18(24)13-6-8-23-9-7-19-10-15(13)23/h3-6,8,19H,7,9-11H2,1-2H3,(H,20,24). The number of nitrogens with one attached hydrogen (secondary N) is 2. The Bertz CT molecular complexity index is 921. The number of imidazole rings is 1. The molecule has 0 saturated carbocycles. The molecule has 2 N–H and O–H groups in total. The number of amides is 1. The van der Waals surface area contributed by atoms with Crippen molar-refractivity contribution in [3.05, 3.63) is 53.1 Å². The second kappa shape index (κ2) is 5.79. The van der Waals surface area contributed by atoms with Gasteiger partial charge < -0.3 is 19.8 Å². The first-order valence-corrected chi connectivity index (χ1v) is 8.23. The Balaban J connectivity index is 1.55. The highest BCUT2D eigenvalue weighted by Gasteiger charge is 2.18. The fourth-order valence-electron chi connectivity index (χ4n) is 3.45.